The van der Waals surface area contributed by atoms with E-state index in [1.54, 1.807) is 7.11 Å². The fourth-order valence-electron chi connectivity index (χ4n) is 2.15. The lowest BCUT2D eigenvalue weighted by atomic mass is 9.92. The molecule has 3 heteroatoms. The molecule has 1 atom stereocenters. The SMILES string of the molecule is COc1c(C)c(C)cc(C)c1C(=O)CC(C)CN. The highest BCUT2D eigenvalue weighted by Gasteiger charge is 2.20. The van der Waals surface area contributed by atoms with Crippen LogP contribution in [0.3, 0.4) is 0 Å². The van der Waals surface area contributed by atoms with Crippen LogP contribution in [-0.2, 0) is 0 Å². The average Bonchev–Trinajstić information content (AvgIpc) is 2.32. The van der Waals surface area contributed by atoms with Crippen LogP contribution >= 0.6 is 0 Å². The summed E-state index contributed by atoms with van der Waals surface area (Å²) < 4.78 is 5.42. The van der Waals surface area contributed by atoms with Gasteiger partial charge in [-0.15, -0.1) is 0 Å². The number of carbonyl (C=O) groups is 1. The summed E-state index contributed by atoms with van der Waals surface area (Å²) in [5, 5.41) is 0. The second-order valence-corrected chi connectivity index (χ2v) is 5.01. The van der Waals surface area contributed by atoms with Crippen LogP contribution in [0.4, 0.5) is 0 Å². The maximum absolute atomic E-state index is 12.3. The van der Waals surface area contributed by atoms with Gasteiger partial charge in [-0.05, 0) is 49.9 Å². The van der Waals surface area contributed by atoms with Crippen molar-refractivity contribution < 1.29 is 9.53 Å². The number of ketones is 1. The molecule has 0 aliphatic heterocycles. The third-order valence-corrected chi connectivity index (χ3v) is 3.41. The quantitative estimate of drug-likeness (QED) is 0.816. The molecule has 1 aromatic rings. The van der Waals surface area contributed by atoms with E-state index in [1.165, 1.54) is 0 Å². The zero-order valence-electron chi connectivity index (χ0n) is 12.0. The van der Waals surface area contributed by atoms with Crippen LogP contribution in [0, 0.1) is 26.7 Å². The van der Waals surface area contributed by atoms with Gasteiger partial charge in [0.05, 0.1) is 12.7 Å². The molecular weight excluding hydrogens is 226 g/mol. The first-order chi connectivity index (χ1) is 8.42. The largest absolute Gasteiger partial charge is 0.496 e. The number of Topliss-reactive ketones (excluding diaryl/α,β-unsaturated/α-hetero) is 1. The van der Waals surface area contributed by atoms with E-state index in [0.29, 0.717) is 24.3 Å². The van der Waals surface area contributed by atoms with Crippen LogP contribution in [0.25, 0.3) is 0 Å². The second kappa shape index (κ2) is 6.01. The lowest BCUT2D eigenvalue weighted by molar-refractivity contribution is 0.0962. The standard InChI is InChI=1S/C15H23NO2/c1-9(8-16)6-13(17)14-11(3)7-10(2)12(4)15(14)18-5/h7,9H,6,8,16H2,1-5H3. The number of hydrogen-bond donors (Lipinski definition) is 1. The number of benzene rings is 1. The van der Waals surface area contributed by atoms with Gasteiger partial charge in [0.2, 0.25) is 0 Å². The van der Waals surface area contributed by atoms with Crippen LogP contribution in [0.1, 0.15) is 40.4 Å². The van der Waals surface area contributed by atoms with Gasteiger partial charge in [-0.1, -0.05) is 13.0 Å². The van der Waals surface area contributed by atoms with Gasteiger partial charge in [-0.25, -0.2) is 0 Å². The van der Waals surface area contributed by atoms with E-state index >= 15 is 0 Å². The molecule has 0 amide bonds. The summed E-state index contributed by atoms with van der Waals surface area (Å²) in [6.45, 7) is 8.48. The smallest absolute Gasteiger partial charge is 0.167 e. The third-order valence-electron chi connectivity index (χ3n) is 3.41. The van der Waals surface area contributed by atoms with Crippen molar-refractivity contribution in [3.63, 3.8) is 0 Å². The Kier molecular flexibility index (Phi) is 4.91. The fourth-order valence-corrected chi connectivity index (χ4v) is 2.15. The van der Waals surface area contributed by atoms with Crippen LogP contribution in [0.15, 0.2) is 6.07 Å². The average molecular weight is 249 g/mol. The third kappa shape index (κ3) is 2.91. The number of methoxy groups -OCH3 is 1. The van der Waals surface area contributed by atoms with E-state index in [9.17, 15) is 4.79 Å². The molecule has 0 radical (unpaired) electrons. The normalized spacial score (nSPS) is 12.3. The summed E-state index contributed by atoms with van der Waals surface area (Å²) >= 11 is 0. The van der Waals surface area contributed by atoms with Gasteiger partial charge in [0.1, 0.15) is 5.75 Å². The van der Waals surface area contributed by atoms with Gasteiger partial charge in [-0.2, -0.15) is 0 Å². The van der Waals surface area contributed by atoms with Crippen molar-refractivity contribution in [2.75, 3.05) is 13.7 Å². The first kappa shape index (κ1) is 14.7. The molecule has 0 aliphatic rings. The number of ether oxygens (including phenoxy) is 1. The number of aryl methyl sites for hydroxylation is 2. The maximum Gasteiger partial charge on any atom is 0.167 e. The molecule has 0 saturated carbocycles. The molecule has 2 N–H and O–H groups in total. The summed E-state index contributed by atoms with van der Waals surface area (Å²) in [7, 11) is 1.62. The number of rotatable bonds is 5. The lowest BCUT2D eigenvalue weighted by Gasteiger charge is -2.17. The molecule has 100 valence electrons. The molecule has 18 heavy (non-hydrogen) atoms. The van der Waals surface area contributed by atoms with Crippen molar-refractivity contribution in [2.45, 2.75) is 34.1 Å². The Hall–Kier alpha value is -1.35. The molecule has 0 saturated heterocycles. The molecule has 0 aliphatic carbocycles. The number of hydrogen-bond acceptors (Lipinski definition) is 3. The number of nitrogens with two attached hydrogens (primary N) is 1. The van der Waals surface area contributed by atoms with E-state index in [1.807, 2.05) is 33.8 Å². The highest BCUT2D eigenvalue weighted by atomic mass is 16.5. The van der Waals surface area contributed by atoms with E-state index in [2.05, 4.69) is 0 Å². The van der Waals surface area contributed by atoms with Crippen LogP contribution in [-0.4, -0.2) is 19.4 Å². The summed E-state index contributed by atoms with van der Waals surface area (Å²) in [6.07, 6.45) is 0.468. The zero-order valence-corrected chi connectivity index (χ0v) is 12.0. The molecule has 1 aromatic carbocycles. The molecular formula is C15H23NO2. The summed E-state index contributed by atoms with van der Waals surface area (Å²) in [6, 6.07) is 2.04. The molecule has 3 nitrogen and oxygen atoms in total. The van der Waals surface area contributed by atoms with E-state index < -0.39 is 0 Å². The lowest BCUT2D eigenvalue weighted by Crippen LogP contribution is -2.16. The number of carbonyl (C=O) groups excluding carboxylic acids is 1. The summed E-state index contributed by atoms with van der Waals surface area (Å²) in [4.78, 5) is 12.3. The van der Waals surface area contributed by atoms with E-state index in [0.717, 1.165) is 16.7 Å². The summed E-state index contributed by atoms with van der Waals surface area (Å²) in [5.74, 6) is 1.02. The van der Waals surface area contributed by atoms with Gasteiger partial charge < -0.3 is 10.5 Å². The maximum atomic E-state index is 12.3. The van der Waals surface area contributed by atoms with Crippen molar-refractivity contribution in [1.82, 2.24) is 0 Å². The van der Waals surface area contributed by atoms with Gasteiger partial charge in [0.15, 0.2) is 5.78 Å². The minimum atomic E-state index is 0.116. The molecule has 1 rings (SSSR count). The Balaban J connectivity index is 3.23. The molecule has 0 aromatic heterocycles. The fraction of sp³-hybridized carbons (Fsp3) is 0.533. The van der Waals surface area contributed by atoms with Gasteiger partial charge in [0.25, 0.3) is 0 Å². The minimum Gasteiger partial charge on any atom is -0.496 e. The van der Waals surface area contributed by atoms with Gasteiger partial charge >= 0.3 is 0 Å². The Morgan fingerprint density at radius 3 is 2.44 bits per heavy atom. The summed E-state index contributed by atoms with van der Waals surface area (Å²) in [5.41, 5.74) is 9.44. The van der Waals surface area contributed by atoms with Crippen LogP contribution in [0.5, 0.6) is 5.75 Å². The first-order valence-electron chi connectivity index (χ1n) is 6.30. The molecule has 0 bridgehead atoms. The molecule has 0 heterocycles. The van der Waals surface area contributed by atoms with Crippen molar-refractivity contribution in [3.8, 4) is 5.75 Å². The first-order valence-corrected chi connectivity index (χ1v) is 6.30. The Morgan fingerprint density at radius 2 is 1.94 bits per heavy atom. The van der Waals surface area contributed by atoms with Crippen molar-refractivity contribution in [2.24, 2.45) is 11.7 Å². The predicted octanol–water partition coefficient (Wildman–Crippen LogP) is 2.79. The molecule has 0 fully saturated rings. The molecule has 0 spiro atoms. The second-order valence-electron chi connectivity index (χ2n) is 5.01. The molecule has 1 unspecified atom stereocenters. The van der Waals surface area contributed by atoms with Crippen LogP contribution < -0.4 is 10.5 Å². The Bertz CT molecular complexity index is 452. The highest BCUT2D eigenvalue weighted by Crippen LogP contribution is 2.31. The van der Waals surface area contributed by atoms with E-state index in [-0.39, 0.29) is 11.7 Å². The van der Waals surface area contributed by atoms with Gasteiger partial charge in [0, 0.05) is 6.42 Å². The minimum absolute atomic E-state index is 0.116. The Labute approximate surface area is 109 Å². The topological polar surface area (TPSA) is 52.3 Å². The van der Waals surface area contributed by atoms with Crippen LogP contribution in [0.2, 0.25) is 0 Å². The zero-order chi connectivity index (χ0) is 13.9. The Morgan fingerprint density at radius 1 is 1.33 bits per heavy atom. The van der Waals surface area contributed by atoms with E-state index in [4.69, 9.17) is 10.5 Å². The van der Waals surface area contributed by atoms with Crippen molar-refractivity contribution in [3.05, 3.63) is 28.3 Å². The highest BCUT2D eigenvalue weighted by molar-refractivity contribution is 6.00. The van der Waals surface area contributed by atoms with Crippen molar-refractivity contribution in [1.29, 1.82) is 0 Å². The van der Waals surface area contributed by atoms with Gasteiger partial charge in [-0.3, -0.25) is 4.79 Å². The van der Waals surface area contributed by atoms with Crippen molar-refractivity contribution >= 4 is 5.78 Å². The predicted molar refractivity (Wildman–Crippen MR) is 74.4 cm³/mol. The monoisotopic (exact) mass is 249 g/mol.